The molecule has 6 nitrogen and oxygen atoms in total. The SMILES string of the molecule is COc1ccc(C(=O)N/C(=C\c2cn(C)c3ccccc23)C(=O)N2CCCCC2)cc1. The Balaban J connectivity index is 1.69. The summed E-state index contributed by atoms with van der Waals surface area (Å²) in [6.45, 7) is 1.42. The van der Waals surface area contributed by atoms with Crippen LogP contribution in [0, 0.1) is 0 Å². The number of aryl methyl sites for hydroxylation is 1. The van der Waals surface area contributed by atoms with Crippen molar-refractivity contribution < 1.29 is 14.3 Å². The number of hydrogen-bond acceptors (Lipinski definition) is 3. The molecule has 0 unspecified atom stereocenters. The molecule has 3 aromatic rings. The lowest BCUT2D eigenvalue weighted by atomic mass is 10.1. The number of nitrogens with zero attached hydrogens (tertiary/aromatic N) is 2. The fourth-order valence-corrected chi connectivity index (χ4v) is 4.00. The number of amides is 2. The molecule has 1 fully saturated rings. The summed E-state index contributed by atoms with van der Waals surface area (Å²) in [6.07, 6.45) is 6.87. The van der Waals surface area contributed by atoms with Crippen LogP contribution in [0.4, 0.5) is 0 Å². The summed E-state index contributed by atoms with van der Waals surface area (Å²) in [5.41, 5.74) is 2.73. The number of carbonyl (C=O) groups is 2. The first-order valence-electron chi connectivity index (χ1n) is 10.6. The number of rotatable bonds is 5. The van der Waals surface area contributed by atoms with E-state index in [0.717, 1.165) is 35.7 Å². The first-order valence-corrected chi connectivity index (χ1v) is 10.6. The van der Waals surface area contributed by atoms with Crippen molar-refractivity contribution in [2.45, 2.75) is 19.3 Å². The van der Waals surface area contributed by atoms with E-state index in [2.05, 4.69) is 5.32 Å². The summed E-state index contributed by atoms with van der Waals surface area (Å²) in [6, 6.07) is 14.9. The lowest BCUT2D eigenvalue weighted by molar-refractivity contribution is -0.128. The molecular formula is C25H27N3O3. The predicted octanol–water partition coefficient (Wildman–Crippen LogP) is 3.97. The van der Waals surface area contributed by atoms with Gasteiger partial charge in [0.15, 0.2) is 0 Å². The van der Waals surface area contributed by atoms with Crippen LogP contribution in [0.3, 0.4) is 0 Å². The highest BCUT2D eigenvalue weighted by atomic mass is 16.5. The summed E-state index contributed by atoms with van der Waals surface area (Å²) < 4.78 is 7.19. The Kier molecular flexibility index (Phi) is 6.07. The van der Waals surface area contributed by atoms with E-state index in [1.807, 2.05) is 47.0 Å². The van der Waals surface area contributed by atoms with Crippen molar-refractivity contribution in [3.63, 3.8) is 0 Å². The van der Waals surface area contributed by atoms with Crippen LogP contribution in [-0.4, -0.2) is 41.5 Å². The molecule has 0 saturated carbocycles. The third-order valence-corrected chi connectivity index (χ3v) is 5.70. The van der Waals surface area contributed by atoms with Gasteiger partial charge in [0.05, 0.1) is 7.11 Å². The van der Waals surface area contributed by atoms with Gasteiger partial charge in [-0.2, -0.15) is 0 Å². The fraction of sp³-hybridized carbons (Fsp3) is 0.280. The van der Waals surface area contributed by atoms with Gasteiger partial charge in [0.1, 0.15) is 11.4 Å². The molecule has 0 radical (unpaired) electrons. The number of hydrogen-bond donors (Lipinski definition) is 1. The number of benzene rings is 2. The third-order valence-electron chi connectivity index (χ3n) is 5.70. The second-order valence-electron chi connectivity index (χ2n) is 7.81. The van der Waals surface area contributed by atoms with E-state index in [4.69, 9.17) is 4.74 Å². The number of likely N-dealkylation sites (tertiary alicyclic amines) is 1. The number of piperidine rings is 1. The molecular weight excluding hydrogens is 390 g/mol. The van der Waals surface area contributed by atoms with Crippen LogP contribution < -0.4 is 10.1 Å². The number of ether oxygens (including phenoxy) is 1. The van der Waals surface area contributed by atoms with Crippen LogP contribution in [0.25, 0.3) is 17.0 Å². The maximum atomic E-state index is 13.3. The number of para-hydroxylation sites is 1. The van der Waals surface area contributed by atoms with Gasteiger partial charge < -0.3 is 19.5 Å². The Morgan fingerprint density at radius 2 is 1.71 bits per heavy atom. The molecule has 2 amide bonds. The molecule has 2 aromatic carbocycles. The van der Waals surface area contributed by atoms with Gasteiger partial charge in [0.2, 0.25) is 0 Å². The predicted molar refractivity (Wildman–Crippen MR) is 122 cm³/mol. The van der Waals surface area contributed by atoms with Crippen LogP contribution in [0.1, 0.15) is 35.2 Å². The van der Waals surface area contributed by atoms with Crippen LogP contribution in [0.2, 0.25) is 0 Å². The van der Waals surface area contributed by atoms with E-state index in [-0.39, 0.29) is 11.8 Å². The van der Waals surface area contributed by atoms with Crippen molar-refractivity contribution in [2.24, 2.45) is 7.05 Å². The van der Waals surface area contributed by atoms with Crippen molar-refractivity contribution in [3.8, 4) is 5.75 Å². The average Bonchev–Trinajstić information content (AvgIpc) is 3.14. The Labute approximate surface area is 182 Å². The summed E-state index contributed by atoms with van der Waals surface area (Å²) >= 11 is 0. The van der Waals surface area contributed by atoms with Gasteiger partial charge in [-0.05, 0) is 55.7 Å². The maximum Gasteiger partial charge on any atom is 0.270 e. The van der Waals surface area contributed by atoms with Crippen LogP contribution in [0.15, 0.2) is 60.4 Å². The van der Waals surface area contributed by atoms with Gasteiger partial charge in [-0.3, -0.25) is 9.59 Å². The molecule has 4 rings (SSSR count). The minimum Gasteiger partial charge on any atom is -0.497 e. The molecule has 0 atom stereocenters. The van der Waals surface area contributed by atoms with E-state index in [0.29, 0.717) is 30.1 Å². The summed E-state index contributed by atoms with van der Waals surface area (Å²) in [5, 5.41) is 3.91. The first-order chi connectivity index (χ1) is 15.1. The summed E-state index contributed by atoms with van der Waals surface area (Å²) in [7, 11) is 3.55. The average molecular weight is 418 g/mol. The van der Waals surface area contributed by atoms with Gasteiger partial charge in [-0.25, -0.2) is 0 Å². The molecule has 6 heteroatoms. The van der Waals surface area contributed by atoms with Gasteiger partial charge in [0.25, 0.3) is 11.8 Å². The standard InChI is InChI=1S/C25H27N3O3/c1-27-17-19(21-8-4-5-9-23(21)27)16-22(25(30)28-14-6-3-7-15-28)26-24(29)18-10-12-20(31-2)13-11-18/h4-5,8-13,16-17H,3,6-7,14-15H2,1-2H3,(H,26,29)/b22-16-. The quantitative estimate of drug-likeness (QED) is 0.639. The highest BCUT2D eigenvalue weighted by Crippen LogP contribution is 2.23. The zero-order valence-electron chi connectivity index (χ0n) is 17.9. The Morgan fingerprint density at radius 1 is 1.00 bits per heavy atom. The van der Waals surface area contributed by atoms with Gasteiger partial charge >= 0.3 is 0 Å². The number of carbonyl (C=O) groups excluding carboxylic acids is 2. The highest BCUT2D eigenvalue weighted by molar-refractivity contribution is 6.06. The molecule has 0 spiro atoms. The van der Waals surface area contributed by atoms with Gasteiger partial charge in [0, 0.05) is 48.4 Å². The highest BCUT2D eigenvalue weighted by Gasteiger charge is 2.23. The second-order valence-corrected chi connectivity index (χ2v) is 7.81. The molecule has 1 aliphatic rings. The molecule has 31 heavy (non-hydrogen) atoms. The van der Waals surface area contributed by atoms with Crippen LogP contribution >= 0.6 is 0 Å². The number of nitrogens with one attached hydrogen (secondary N) is 1. The third kappa shape index (κ3) is 4.48. The van der Waals surface area contributed by atoms with Crippen molar-refractivity contribution in [2.75, 3.05) is 20.2 Å². The monoisotopic (exact) mass is 417 g/mol. The van der Waals surface area contributed by atoms with Crippen LogP contribution in [0.5, 0.6) is 5.75 Å². The molecule has 1 aromatic heterocycles. The first kappa shape index (κ1) is 20.7. The van der Waals surface area contributed by atoms with Crippen LogP contribution in [-0.2, 0) is 11.8 Å². The van der Waals surface area contributed by atoms with Crippen molar-refractivity contribution in [3.05, 3.63) is 71.6 Å². The maximum absolute atomic E-state index is 13.3. The largest absolute Gasteiger partial charge is 0.497 e. The zero-order valence-corrected chi connectivity index (χ0v) is 17.9. The molecule has 0 aliphatic carbocycles. The van der Waals surface area contributed by atoms with E-state index in [1.54, 1.807) is 37.5 Å². The molecule has 160 valence electrons. The lowest BCUT2D eigenvalue weighted by Crippen LogP contribution is -2.41. The number of fused-ring (bicyclic) bond motifs is 1. The molecule has 1 N–H and O–H groups in total. The fourth-order valence-electron chi connectivity index (χ4n) is 4.00. The van der Waals surface area contributed by atoms with E-state index in [1.165, 1.54) is 0 Å². The van der Waals surface area contributed by atoms with E-state index < -0.39 is 0 Å². The summed E-state index contributed by atoms with van der Waals surface area (Å²) in [4.78, 5) is 28.1. The Bertz CT molecular complexity index is 1120. The minimum atomic E-state index is -0.320. The topological polar surface area (TPSA) is 63.6 Å². The van der Waals surface area contributed by atoms with Gasteiger partial charge in [-0.1, -0.05) is 18.2 Å². The zero-order chi connectivity index (χ0) is 21.8. The lowest BCUT2D eigenvalue weighted by Gasteiger charge is -2.27. The number of aromatic nitrogens is 1. The Morgan fingerprint density at radius 3 is 2.42 bits per heavy atom. The number of methoxy groups -OCH3 is 1. The van der Waals surface area contributed by atoms with Crippen molar-refractivity contribution in [1.82, 2.24) is 14.8 Å². The van der Waals surface area contributed by atoms with Crippen molar-refractivity contribution in [1.29, 1.82) is 0 Å². The van der Waals surface area contributed by atoms with E-state index >= 15 is 0 Å². The van der Waals surface area contributed by atoms with Gasteiger partial charge in [-0.15, -0.1) is 0 Å². The second kappa shape index (κ2) is 9.08. The molecule has 2 heterocycles. The Hall–Kier alpha value is -3.54. The normalized spacial score (nSPS) is 14.5. The van der Waals surface area contributed by atoms with E-state index in [9.17, 15) is 9.59 Å². The summed E-state index contributed by atoms with van der Waals surface area (Å²) in [5.74, 6) is 0.210. The molecule has 1 aliphatic heterocycles. The minimum absolute atomic E-state index is 0.144. The molecule has 0 bridgehead atoms. The van der Waals surface area contributed by atoms with Crippen molar-refractivity contribution >= 4 is 28.8 Å². The molecule has 1 saturated heterocycles. The smallest absolute Gasteiger partial charge is 0.270 e.